The average Bonchev–Trinajstić information content (AvgIpc) is 2.40. The molecular weight excluding hydrogens is 271 g/mol. The van der Waals surface area contributed by atoms with Gasteiger partial charge >= 0.3 is 6.03 Å². The van der Waals surface area contributed by atoms with Crippen LogP contribution in [0.3, 0.4) is 0 Å². The lowest BCUT2D eigenvalue weighted by Gasteiger charge is -2.34. The monoisotopic (exact) mass is 294 g/mol. The highest BCUT2D eigenvalue weighted by Crippen LogP contribution is 2.19. The zero-order valence-electron chi connectivity index (χ0n) is 12.9. The molecular formula is C16H23FN2O2. The molecule has 1 saturated heterocycles. The fourth-order valence-electron chi connectivity index (χ4n) is 2.28. The van der Waals surface area contributed by atoms with Crippen molar-refractivity contribution < 1.29 is 13.9 Å². The van der Waals surface area contributed by atoms with Crippen LogP contribution in [0.5, 0.6) is 5.75 Å². The summed E-state index contributed by atoms with van der Waals surface area (Å²) >= 11 is 0. The van der Waals surface area contributed by atoms with Crippen LogP contribution >= 0.6 is 0 Å². The van der Waals surface area contributed by atoms with Gasteiger partial charge in [-0.2, -0.15) is 0 Å². The minimum absolute atomic E-state index is 0.0252. The summed E-state index contributed by atoms with van der Waals surface area (Å²) in [4.78, 5) is 13.9. The third-order valence-electron chi connectivity index (χ3n) is 3.33. The predicted molar refractivity (Wildman–Crippen MR) is 79.9 cm³/mol. The van der Waals surface area contributed by atoms with Gasteiger partial charge in [0.15, 0.2) is 0 Å². The Bertz CT molecular complexity index is 474. The summed E-state index contributed by atoms with van der Waals surface area (Å²) in [6.45, 7) is 7.25. The van der Waals surface area contributed by atoms with Gasteiger partial charge in [-0.05, 0) is 45.0 Å². The van der Waals surface area contributed by atoms with Crippen LogP contribution in [-0.2, 0) is 0 Å². The van der Waals surface area contributed by atoms with Gasteiger partial charge in [-0.15, -0.1) is 0 Å². The van der Waals surface area contributed by atoms with E-state index >= 15 is 0 Å². The van der Waals surface area contributed by atoms with E-state index < -0.39 is 0 Å². The maximum Gasteiger partial charge on any atom is 0.317 e. The third kappa shape index (κ3) is 4.92. The zero-order valence-corrected chi connectivity index (χ0v) is 12.9. The number of urea groups is 1. The van der Waals surface area contributed by atoms with E-state index in [0.29, 0.717) is 18.8 Å². The lowest BCUT2D eigenvalue weighted by molar-refractivity contribution is 0.108. The van der Waals surface area contributed by atoms with E-state index in [-0.39, 0.29) is 23.5 Å². The Morgan fingerprint density at radius 3 is 2.33 bits per heavy atom. The molecule has 2 amide bonds. The second-order valence-corrected chi connectivity index (χ2v) is 6.44. The molecule has 2 rings (SSSR count). The molecule has 1 aromatic carbocycles. The van der Waals surface area contributed by atoms with Crippen molar-refractivity contribution in [3.63, 3.8) is 0 Å². The van der Waals surface area contributed by atoms with Gasteiger partial charge in [-0.3, -0.25) is 0 Å². The van der Waals surface area contributed by atoms with Crippen molar-refractivity contribution in [1.82, 2.24) is 10.2 Å². The Labute approximate surface area is 125 Å². The van der Waals surface area contributed by atoms with Gasteiger partial charge in [0, 0.05) is 31.5 Å². The number of nitrogens with zero attached hydrogens (tertiary/aromatic N) is 1. The molecule has 0 saturated carbocycles. The summed E-state index contributed by atoms with van der Waals surface area (Å²) in [6.07, 6.45) is 1.65. The first-order valence-corrected chi connectivity index (χ1v) is 7.33. The number of halogens is 1. The number of carbonyl (C=O) groups is 1. The molecule has 1 heterocycles. The second-order valence-electron chi connectivity index (χ2n) is 6.44. The molecule has 0 aliphatic carbocycles. The van der Waals surface area contributed by atoms with Crippen LogP contribution in [-0.4, -0.2) is 35.7 Å². The van der Waals surface area contributed by atoms with Crippen LogP contribution in [0, 0.1) is 5.82 Å². The molecule has 0 bridgehead atoms. The van der Waals surface area contributed by atoms with Crippen LogP contribution in [0.1, 0.15) is 33.6 Å². The highest BCUT2D eigenvalue weighted by Gasteiger charge is 2.25. The molecule has 1 aromatic rings. The van der Waals surface area contributed by atoms with Gasteiger partial charge in [0.05, 0.1) is 0 Å². The Balaban J connectivity index is 1.80. The highest BCUT2D eigenvalue weighted by atomic mass is 19.1. The number of benzene rings is 1. The number of likely N-dealkylation sites (tertiary alicyclic amines) is 1. The van der Waals surface area contributed by atoms with Gasteiger partial charge in [0.2, 0.25) is 0 Å². The minimum Gasteiger partial charge on any atom is -0.490 e. The number of rotatable bonds is 2. The van der Waals surface area contributed by atoms with E-state index in [0.717, 1.165) is 12.8 Å². The lowest BCUT2D eigenvalue weighted by Crippen LogP contribution is -2.51. The Kier molecular flexibility index (Phi) is 4.70. The van der Waals surface area contributed by atoms with Crippen LogP contribution in [0.15, 0.2) is 24.3 Å². The number of piperidine rings is 1. The number of hydrogen-bond acceptors (Lipinski definition) is 2. The largest absolute Gasteiger partial charge is 0.490 e. The summed E-state index contributed by atoms with van der Waals surface area (Å²) in [6, 6.07) is 6.02. The van der Waals surface area contributed by atoms with Gasteiger partial charge < -0.3 is 15.0 Å². The maximum absolute atomic E-state index is 12.8. The van der Waals surface area contributed by atoms with Crippen molar-refractivity contribution in [2.45, 2.75) is 45.3 Å². The first-order valence-electron chi connectivity index (χ1n) is 7.33. The lowest BCUT2D eigenvalue weighted by atomic mass is 10.1. The molecule has 0 radical (unpaired) electrons. The van der Waals surface area contributed by atoms with E-state index in [1.165, 1.54) is 12.1 Å². The highest BCUT2D eigenvalue weighted by molar-refractivity contribution is 5.75. The molecule has 0 aromatic heterocycles. The molecule has 1 N–H and O–H groups in total. The van der Waals surface area contributed by atoms with Crippen LogP contribution < -0.4 is 10.1 Å². The summed E-state index contributed by atoms with van der Waals surface area (Å²) in [5.41, 5.74) is -0.224. The summed E-state index contributed by atoms with van der Waals surface area (Å²) in [7, 11) is 0. The van der Waals surface area contributed by atoms with E-state index in [2.05, 4.69) is 5.32 Å². The topological polar surface area (TPSA) is 41.6 Å². The van der Waals surface area contributed by atoms with Crippen LogP contribution in [0.2, 0.25) is 0 Å². The SMILES string of the molecule is CC(C)(C)NC(=O)N1CCC(Oc2ccc(F)cc2)CC1. The summed E-state index contributed by atoms with van der Waals surface area (Å²) in [5, 5.41) is 2.96. The predicted octanol–water partition coefficient (Wildman–Crippen LogP) is 3.18. The fourth-order valence-corrected chi connectivity index (χ4v) is 2.28. The molecule has 21 heavy (non-hydrogen) atoms. The molecule has 1 aliphatic rings. The van der Waals surface area contributed by atoms with Crippen molar-refractivity contribution in [3.8, 4) is 5.75 Å². The van der Waals surface area contributed by atoms with Crippen molar-refractivity contribution >= 4 is 6.03 Å². The minimum atomic E-state index is -0.268. The summed E-state index contributed by atoms with van der Waals surface area (Å²) < 4.78 is 18.6. The third-order valence-corrected chi connectivity index (χ3v) is 3.33. The second kappa shape index (κ2) is 6.33. The van der Waals surface area contributed by atoms with Gasteiger partial charge in [0.25, 0.3) is 0 Å². The molecule has 116 valence electrons. The van der Waals surface area contributed by atoms with Gasteiger partial charge in [-0.25, -0.2) is 9.18 Å². The van der Waals surface area contributed by atoms with Crippen molar-refractivity contribution in [1.29, 1.82) is 0 Å². The Morgan fingerprint density at radius 1 is 1.24 bits per heavy atom. The van der Waals surface area contributed by atoms with Crippen molar-refractivity contribution in [2.24, 2.45) is 0 Å². The molecule has 0 unspecified atom stereocenters. The molecule has 4 nitrogen and oxygen atoms in total. The molecule has 1 aliphatic heterocycles. The van der Waals surface area contributed by atoms with Crippen molar-refractivity contribution in [3.05, 3.63) is 30.1 Å². The van der Waals surface area contributed by atoms with E-state index in [4.69, 9.17) is 4.74 Å². The first kappa shape index (κ1) is 15.6. The number of hydrogen-bond donors (Lipinski definition) is 1. The molecule has 0 spiro atoms. The average molecular weight is 294 g/mol. The Morgan fingerprint density at radius 2 is 1.81 bits per heavy atom. The van der Waals surface area contributed by atoms with Gasteiger partial charge in [-0.1, -0.05) is 0 Å². The smallest absolute Gasteiger partial charge is 0.317 e. The molecule has 0 atom stereocenters. The van der Waals surface area contributed by atoms with Crippen molar-refractivity contribution in [2.75, 3.05) is 13.1 Å². The van der Waals surface area contributed by atoms with Crippen LogP contribution in [0.4, 0.5) is 9.18 Å². The maximum atomic E-state index is 12.8. The van der Waals surface area contributed by atoms with Gasteiger partial charge in [0.1, 0.15) is 17.7 Å². The number of nitrogens with one attached hydrogen (secondary N) is 1. The normalized spacial score (nSPS) is 16.7. The quantitative estimate of drug-likeness (QED) is 0.910. The number of carbonyl (C=O) groups excluding carboxylic acids is 1. The van der Waals surface area contributed by atoms with E-state index in [1.54, 1.807) is 12.1 Å². The fraction of sp³-hybridized carbons (Fsp3) is 0.562. The van der Waals surface area contributed by atoms with E-state index in [9.17, 15) is 9.18 Å². The first-order chi connectivity index (χ1) is 9.83. The molecule has 5 heteroatoms. The van der Waals surface area contributed by atoms with Crippen LogP contribution in [0.25, 0.3) is 0 Å². The Hall–Kier alpha value is -1.78. The number of amides is 2. The summed E-state index contributed by atoms with van der Waals surface area (Å²) in [5.74, 6) is 0.407. The zero-order chi connectivity index (χ0) is 15.5. The number of ether oxygens (including phenoxy) is 1. The molecule has 1 fully saturated rings. The standard InChI is InChI=1S/C16H23FN2O2/c1-16(2,3)18-15(20)19-10-8-14(9-11-19)21-13-6-4-12(17)5-7-13/h4-7,14H,8-11H2,1-3H3,(H,18,20). The van der Waals surface area contributed by atoms with E-state index in [1.807, 2.05) is 25.7 Å².